The topological polar surface area (TPSA) is 84.5 Å². The number of carbonyl (C=O) groups excluding carboxylic acids is 1. The monoisotopic (exact) mass is 400 g/mol. The lowest BCUT2D eigenvalue weighted by Gasteiger charge is -2.21. The first-order valence-electron chi connectivity index (χ1n) is 7.63. The first kappa shape index (κ1) is 22.3. The van der Waals surface area contributed by atoms with Crippen molar-refractivity contribution in [3.8, 4) is 0 Å². The summed E-state index contributed by atoms with van der Waals surface area (Å²) < 4.78 is 80.5. The lowest BCUT2D eigenvalue weighted by molar-refractivity contribution is -0.173. The molecule has 0 saturated carbocycles. The van der Waals surface area contributed by atoms with Crippen LogP contribution in [0.5, 0.6) is 0 Å². The highest BCUT2D eigenvalue weighted by molar-refractivity contribution is 7.89. The van der Waals surface area contributed by atoms with Crippen molar-refractivity contribution < 1.29 is 35.5 Å². The summed E-state index contributed by atoms with van der Waals surface area (Å²) in [5, 5.41) is 2.29. The van der Waals surface area contributed by atoms with Crippen LogP contribution in [0.1, 0.15) is 13.8 Å². The van der Waals surface area contributed by atoms with E-state index in [4.69, 9.17) is 0 Å². The number of hydrogen-bond donors (Lipinski definition) is 2. The van der Waals surface area contributed by atoms with Crippen LogP contribution >= 0.6 is 0 Å². The van der Waals surface area contributed by atoms with E-state index in [0.29, 0.717) is 0 Å². The summed E-state index contributed by atoms with van der Waals surface area (Å²) in [7, 11) is -4.30. The molecule has 0 spiro atoms. The van der Waals surface area contributed by atoms with Crippen LogP contribution < -0.4 is 10.0 Å². The number of alkyl halides is 3. The van der Waals surface area contributed by atoms with Gasteiger partial charge in [-0.1, -0.05) is 26.0 Å². The largest absolute Gasteiger partial charge is 0.411 e. The van der Waals surface area contributed by atoms with Crippen LogP contribution in [0.4, 0.5) is 17.6 Å². The summed E-state index contributed by atoms with van der Waals surface area (Å²) in [6, 6.07) is 3.44. The number of nitrogens with one attached hydrogen (secondary N) is 2. The van der Waals surface area contributed by atoms with Gasteiger partial charge in [-0.25, -0.2) is 12.8 Å². The van der Waals surface area contributed by atoms with Crippen molar-refractivity contribution in [1.29, 1.82) is 0 Å². The number of halogens is 4. The smallest absolute Gasteiger partial charge is 0.370 e. The van der Waals surface area contributed by atoms with Gasteiger partial charge in [-0.15, -0.1) is 0 Å². The molecular formula is C15H20F4N2O4S. The Morgan fingerprint density at radius 2 is 1.85 bits per heavy atom. The van der Waals surface area contributed by atoms with Crippen molar-refractivity contribution in [2.45, 2.75) is 31.0 Å². The molecule has 148 valence electrons. The van der Waals surface area contributed by atoms with Crippen LogP contribution in [-0.4, -0.2) is 46.3 Å². The van der Waals surface area contributed by atoms with Gasteiger partial charge in [0.2, 0.25) is 15.9 Å². The molecule has 11 heteroatoms. The zero-order chi connectivity index (χ0) is 20.0. The number of ether oxygens (including phenoxy) is 1. The van der Waals surface area contributed by atoms with Crippen LogP contribution in [0.2, 0.25) is 0 Å². The molecule has 0 unspecified atom stereocenters. The van der Waals surface area contributed by atoms with E-state index in [-0.39, 0.29) is 6.54 Å². The summed E-state index contributed by atoms with van der Waals surface area (Å²) in [5.74, 6) is -2.22. The van der Waals surface area contributed by atoms with Crippen LogP contribution in [0.15, 0.2) is 29.2 Å². The zero-order valence-corrected chi connectivity index (χ0v) is 15.0. The molecule has 6 nitrogen and oxygen atoms in total. The SMILES string of the molecule is CC(C)[C@H](NS(=O)(=O)c1ccccc1F)C(=O)NCCOCC(F)(F)F. The van der Waals surface area contributed by atoms with Gasteiger partial charge in [-0.2, -0.15) is 17.9 Å². The molecule has 0 aliphatic rings. The summed E-state index contributed by atoms with van der Waals surface area (Å²) in [6.07, 6.45) is -4.47. The van der Waals surface area contributed by atoms with Gasteiger partial charge in [0.1, 0.15) is 23.4 Å². The van der Waals surface area contributed by atoms with E-state index < -0.39 is 58.0 Å². The third-order valence-corrected chi connectivity index (χ3v) is 4.64. The molecule has 0 radical (unpaired) electrons. The molecule has 1 amide bonds. The molecule has 1 aromatic rings. The summed E-state index contributed by atoms with van der Waals surface area (Å²) in [6.45, 7) is 1.05. The van der Waals surface area contributed by atoms with Gasteiger partial charge in [0.15, 0.2) is 0 Å². The van der Waals surface area contributed by atoms with Gasteiger partial charge >= 0.3 is 6.18 Å². The van der Waals surface area contributed by atoms with E-state index in [1.54, 1.807) is 13.8 Å². The Morgan fingerprint density at radius 1 is 1.23 bits per heavy atom. The van der Waals surface area contributed by atoms with Gasteiger partial charge in [0.05, 0.1) is 6.61 Å². The fourth-order valence-electron chi connectivity index (χ4n) is 1.93. The maximum absolute atomic E-state index is 13.7. The van der Waals surface area contributed by atoms with E-state index in [9.17, 15) is 30.8 Å². The van der Waals surface area contributed by atoms with Crippen molar-refractivity contribution in [2.24, 2.45) is 5.92 Å². The highest BCUT2D eigenvalue weighted by Crippen LogP contribution is 2.16. The molecule has 0 aliphatic carbocycles. The fraction of sp³-hybridized carbons (Fsp3) is 0.533. The molecule has 0 fully saturated rings. The van der Waals surface area contributed by atoms with Crippen molar-refractivity contribution in [2.75, 3.05) is 19.8 Å². The van der Waals surface area contributed by atoms with Gasteiger partial charge in [0.25, 0.3) is 0 Å². The molecule has 26 heavy (non-hydrogen) atoms. The van der Waals surface area contributed by atoms with Crippen LogP contribution in [0, 0.1) is 11.7 Å². The minimum Gasteiger partial charge on any atom is -0.370 e. The molecule has 0 aromatic heterocycles. The Labute approximate surface area is 149 Å². The number of rotatable bonds is 9. The number of carbonyl (C=O) groups is 1. The van der Waals surface area contributed by atoms with Crippen LogP contribution in [-0.2, 0) is 19.6 Å². The quantitative estimate of drug-likeness (QED) is 0.489. The highest BCUT2D eigenvalue weighted by Gasteiger charge is 2.30. The number of sulfonamides is 1. The highest BCUT2D eigenvalue weighted by atomic mass is 32.2. The molecule has 0 saturated heterocycles. The second-order valence-electron chi connectivity index (χ2n) is 5.73. The first-order chi connectivity index (χ1) is 11.9. The van der Waals surface area contributed by atoms with E-state index in [0.717, 1.165) is 12.1 Å². The van der Waals surface area contributed by atoms with Crippen molar-refractivity contribution in [3.63, 3.8) is 0 Å². The third-order valence-electron chi connectivity index (χ3n) is 3.17. The molecule has 1 aromatic carbocycles. The van der Waals surface area contributed by atoms with E-state index in [1.165, 1.54) is 12.1 Å². The normalized spacial score (nSPS) is 13.7. The van der Waals surface area contributed by atoms with E-state index in [1.807, 2.05) is 0 Å². The van der Waals surface area contributed by atoms with Gasteiger partial charge in [0, 0.05) is 6.54 Å². The van der Waals surface area contributed by atoms with Gasteiger partial charge in [-0.3, -0.25) is 4.79 Å². The zero-order valence-electron chi connectivity index (χ0n) is 14.1. The predicted molar refractivity (Wildman–Crippen MR) is 85.2 cm³/mol. The molecular weight excluding hydrogens is 380 g/mol. The Kier molecular flexibility index (Phi) is 7.97. The standard InChI is InChI=1S/C15H20F4N2O4S/c1-10(2)13(14(22)20-7-8-25-9-15(17,18)19)21-26(23,24)12-6-4-3-5-11(12)16/h3-6,10,13,21H,7-9H2,1-2H3,(H,20,22)/t13-/m0/s1. The minimum atomic E-state index is -4.47. The summed E-state index contributed by atoms with van der Waals surface area (Å²) in [5.41, 5.74) is 0. The summed E-state index contributed by atoms with van der Waals surface area (Å²) in [4.78, 5) is 11.5. The van der Waals surface area contributed by atoms with Crippen molar-refractivity contribution in [1.82, 2.24) is 10.0 Å². The maximum Gasteiger partial charge on any atom is 0.411 e. The van der Waals surface area contributed by atoms with Crippen molar-refractivity contribution >= 4 is 15.9 Å². The van der Waals surface area contributed by atoms with Gasteiger partial charge in [-0.05, 0) is 18.1 Å². The van der Waals surface area contributed by atoms with Gasteiger partial charge < -0.3 is 10.1 Å². The predicted octanol–water partition coefficient (Wildman–Crippen LogP) is 1.82. The molecule has 2 N–H and O–H groups in total. The average molecular weight is 400 g/mol. The molecule has 0 aliphatic heterocycles. The molecule has 1 atom stereocenters. The second-order valence-corrected chi connectivity index (χ2v) is 7.41. The molecule has 0 bridgehead atoms. The lowest BCUT2D eigenvalue weighted by atomic mass is 10.1. The Hall–Kier alpha value is -1.72. The Balaban J connectivity index is 2.68. The fourth-order valence-corrected chi connectivity index (χ4v) is 3.35. The van der Waals surface area contributed by atoms with Crippen LogP contribution in [0.25, 0.3) is 0 Å². The van der Waals surface area contributed by atoms with Crippen LogP contribution in [0.3, 0.4) is 0 Å². The minimum absolute atomic E-state index is 0.237. The number of hydrogen-bond acceptors (Lipinski definition) is 4. The average Bonchev–Trinajstić information content (AvgIpc) is 2.51. The molecule has 0 heterocycles. The first-order valence-corrected chi connectivity index (χ1v) is 9.11. The third kappa shape index (κ3) is 7.26. The Morgan fingerprint density at radius 3 is 2.38 bits per heavy atom. The number of benzene rings is 1. The second kappa shape index (κ2) is 9.28. The maximum atomic E-state index is 13.7. The van der Waals surface area contributed by atoms with E-state index >= 15 is 0 Å². The number of amides is 1. The summed E-state index contributed by atoms with van der Waals surface area (Å²) >= 11 is 0. The van der Waals surface area contributed by atoms with E-state index in [2.05, 4.69) is 14.8 Å². The van der Waals surface area contributed by atoms with Crippen molar-refractivity contribution in [3.05, 3.63) is 30.1 Å². The lowest BCUT2D eigenvalue weighted by Crippen LogP contribution is -2.50. The Bertz CT molecular complexity index is 708. The molecule has 1 rings (SSSR count).